The van der Waals surface area contributed by atoms with Gasteiger partial charge in [0.25, 0.3) is 6.01 Å². The largest absolute Gasteiger partial charge is 0.459 e. The summed E-state index contributed by atoms with van der Waals surface area (Å²) in [5.41, 5.74) is 1.62. The summed E-state index contributed by atoms with van der Waals surface area (Å²) in [5, 5.41) is 9.71. The van der Waals surface area contributed by atoms with Crippen molar-refractivity contribution in [3.05, 3.63) is 78.1 Å². The minimum atomic E-state index is -3.75. The number of hydrogen-bond donors (Lipinski definition) is 3. The zero-order chi connectivity index (χ0) is 62.0. The number of carbonyl (C=O) groups excluding carboxylic acids is 6. The zero-order valence-corrected chi connectivity index (χ0v) is 52.9. The molecule has 0 unspecified atom stereocenters. The maximum Gasteiger partial charge on any atom is 0.297 e. The zero-order valence-electron chi connectivity index (χ0n) is 50.5. The summed E-state index contributed by atoms with van der Waals surface area (Å²) in [5.74, 6) is -2.79. The maximum atomic E-state index is 14.1. The Labute approximate surface area is 515 Å². The highest BCUT2D eigenvalue weighted by Gasteiger charge is 2.63. The van der Waals surface area contributed by atoms with Crippen molar-refractivity contribution in [1.29, 1.82) is 0 Å². The van der Waals surface area contributed by atoms with Gasteiger partial charge in [0.1, 0.15) is 6.10 Å². The number of para-hydroxylation sites is 4. The van der Waals surface area contributed by atoms with Crippen molar-refractivity contribution in [3.63, 3.8) is 0 Å². The summed E-state index contributed by atoms with van der Waals surface area (Å²) in [7, 11) is -7.47. The van der Waals surface area contributed by atoms with Crippen molar-refractivity contribution in [2.75, 3.05) is 13.1 Å². The van der Waals surface area contributed by atoms with Crippen molar-refractivity contribution in [2.45, 2.75) is 204 Å². The Morgan fingerprint density at radius 2 is 1.09 bits per heavy atom. The van der Waals surface area contributed by atoms with E-state index in [1.807, 2.05) is 96.7 Å². The van der Waals surface area contributed by atoms with Crippen molar-refractivity contribution < 1.29 is 55.4 Å². The van der Waals surface area contributed by atoms with Gasteiger partial charge in [-0.3, -0.25) is 42.8 Å². The number of imidazole rings is 2. The third kappa shape index (κ3) is 14.4. The van der Waals surface area contributed by atoms with Crippen molar-refractivity contribution in [1.82, 2.24) is 38.3 Å². The lowest BCUT2D eigenvalue weighted by atomic mass is 9.91. The van der Waals surface area contributed by atoms with Crippen LogP contribution in [0, 0.1) is 34.5 Å². The summed E-state index contributed by atoms with van der Waals surface area (Å²) >= 11 is 5.92. The first-order valence-corrected chi connectivity index (χ1v) is 35.1. The van der Waals surface area contributed by atoms with Crippen LogP contribution >= 0.6 is 11.6 Å². The fourth-order valence-electron chi connectivity index (χ4n) is 13.4. The standard InChI is InChI=1S/C32H42N4O6S.C23H34N2O6S.C9H9ClN2/c1-3-35-26-14-10-9-13-25(26)33-31(35)42-23-17-27-28(37)19-32(30(39)34-43(40,41)24-15-16-24)18-22(32)12-8-6-4-5-7-11-21(2)29(38)36(27)20-23;1-15-7-5-3-2-4-6-8-16-12-23(16,22(29)24-32(30,31)18-9-10-18)13-20(27)19-11-17(26)14-25(19)21(15)28;1-2-12-8-6-4-3-5-7(8)11-9(12)10/h8-10,12-14,21-24,27H,3-7,11,15-20H2,1-2H3,(H,34,39);6,8,15-19,26H,2-5,7,9-14H2,1H3,(H,24,29);3-6H,2H2,1H3/b12-8-;8-6-;/t21-,22+,23+,27-,32+;15-,16+,17+,19-,23+;/m00./s1. The molecule has 0 bridgehead atoms. The Balaban J connectivity index is 0.000000166. The van der Waals surface area contributed by atoms with Gasteiger partial charge < -0.3 is 24.2 Å². The third-order valence-corrected chi connectivity index (χ3v) is 23.1. The van der Waals surface area contributed by atoms with E-state index in [1.165, 1.54) is 4.90 Å². The Morgan fingerprint density at radius 3 is 1.59 bits per heavy atom. The molecule has 0 radical (unpaired) electrons. The summed E-state index contributed by atoms with van der Waals surface area (Å²) in [6.07, 6.45) is 19.0. The topological polar surface area (TPSA) is 266 Å². The second-order valence-corrected chi connectivity index (χ2v) is 29.9. The van der Waals surface area contributed by atoms with Crippen molar-refractivity contribution in [3.8, 4) is 6.01 Å². The lowest BCUT2D eigenvalue weighted by Gasteiger charge is -2.27. The number of carbonyl (C=O) groups is 6. The van der Waals surface area contributed by atoms with Gasteiger partial charge in [0, 0.05) is 57.2 Å². The van der Waals surface area contributed by atoms with Crippen LogP contribution in [-0.4, -0.2) is 134 Å². The van der Waals surface area contributed by atoms with E-state index in [4.69, 9.17) is 16.3 Å². The van der Waals surface area contributed by atoms with Crippen molar-refractivity contribution >= 4 is 88.9 Å². The van der Waals surface area contributed by atoms with Crippen LogP contribution in [0.4, 0.5) is 0 Å². The second-order valence-electron chi connectivity index (χ2n) is 25.6. The van der Waals surface area contributed by atoms with Crippen LogP contribution in [0.1, 0.15) is 156 Å². The van der Waals surface area contributed by atoms with Gasteiger partial charge in [0.15, 0.2) is 11.6 Å². The van der Waals surface area contributed by atoms with Crippen LogP contribution < -0.4 is 14.2 Å². The summed E-state index contributed by atoms with van der Waals surface area (Å²) in [4.78, 5) is 92.9. The molecule has 472 valence electrons. The first kappa shape index (κ1) is 64.0. The third-order valence-electron chi connectivity index (χ3n) is 19.1. The van der Waals surface area contributed by atoms with E-state index < -0.39 is 77.5 Å². The Kier molecular flexibility index (Phi) is 19.6. The lowest BCUT2D eigenvalue weighted by molar-refractivity contribution is -0.142. The van der Waals surface area contributed by atoms with Gasteiger partial charge in [-0.05, 0) is 139 Å². The van der Waals surface area contributed by atoms with Gasteiger partial charge in [0.2, 0.25) is 49.0 Å². The molecule has 6 fully saturated rings. The normalized spacial score (nSPS) is 30.7. The molecule has 20 nitrogen and oxygen atoms in total. The Morgan fingerprint density at radius 1 is 0.632 bits per heavy atom. The summed E-state index contributed by atoms with van der Waals surface area (Å²) in [6, 6.07) is 14.7. The molecule has 10 atom stereocenters. The molecule has 12 rings (SSSR count). The molecule has 4 amide bonds. The van der Waals surface area contributed by atoms with E-state index in [1.54, 1.807) is 4.90 Å². The summed E-state index contributed by atoms with van der Waals surface area (Å²) < 4.78 is 65.0. The Bertz CT molecular complexity index is 3540. The van der Waals surface area contributed by atoms with Gasteiger partial charge >= 0.3 is 0 Å². The highest BCUT2D eigenvalue weighted by Crippen LogP contribution is 2.58. The van der Waals surface area contributed by atoms with Crippen LogP contribution in [0.2, 0.25) is 5.28 Å². The molecule has 4 saturated carbocycles. The van der Waals surface area contributed by atoms with E-state index in [-0.39, 0.29) is 79.4 Å². The molecule has 4 aromatic rings. The number of aryl methyl sites for hydroxylation is 2. The van der Waals surface area contributed by atoms with Crippen LogP contribution in [0.25, 0.3) is 22.1 Å². The number of aromatic nitrogens is 4. The van der Waals surface area contributed by atoms with Crippen LogP contribution in [-0.2, 0) is 61.9 Å². The van der Waals surface area contributed by atoms with E-state index in [0.717, 1.165) is 92.8 Å². The number of halogens is 1. The smallest absolute Gasteiger partial charge is 0.297 e. The number of nitrogens with zero attached hydrogens (tertiary/aromatic N) is 6. The number of aliphatic hydroxyl groups is 1. The molecular weight excluding hydrogens is 1170 g/mol. The van der Waals surface area contributed by atoms with Crippen LogP contribution in [0.3, 0.4) is 0 Å². The predicted octanol–water partition coefficient (Wildman–Crippen LogP) is 8.52. The van der Waals surface area contributed by atoms with E-state index in [0.29, 0.717) is 62.8 Å². The fraction of sp³-hybridized carbons (Fsp3) is 0.625. The molecule has 3 N–H and O–H groups in total. The lowest BCUT2D eigenvalue weighted by Crippen LogP contribution is -2.46. The minimum Gasteiger partial charge on any atom is -0.459 e. The highest BCUT2D eigenvalue weighted by molar-refractivity contribution is 7.91. The number of aliphatic hydroxyl groups excluding tert-OH is 1. The molecule has 2 aromatic heterocycles. The fourth-order valence-corrected chi connectivity index (χ4v) is 16.4. The number of hydrogen-bond acceptors (Lipinski definition) is 14. The van der Waals surface area contributed by atoms with Gasteiger partial charge in [-0.2, -0.15) is 4.98 Å². The van der Waals surface area contributed by atoms with Gasteiger partial charge in [0.05, 0.1) is 68.1 Å². The van der Waals surface area contributed by atoms with E-state index in [9.17, 15) is 50.7 Å². The Hall–Kier alpha value is -5.97. The number of Topliss-reactive ketones (excluding diaryl/α,β-unsaturated/α-hetero) is 2. The molecule has 6 heterocycles. The van der Waals surface area contributed by atoms with Crippen LogP contribution in [0.5, 0.6) is 6.01 Å². The molecule has 87 heavy (non-hydrogen) atoms. The molecular formula is C64H85ClN8O12S2. The quantitative estimate of drug-likeness (QED) is 0.126. The van der Waals surface area contributed by atoms with Gasteiger partial charge in [-0.1, -0.05) is 88.1 Å². The highest BCUT2D eigenvalue weighted by atomic mass is 35.5. The summed E-state index contributed by atoms with van der Waals surface area (Å²) in [6.45, 7) is 9.74. The number of amides is 4. The molecule has 4 aliphatic heterocycles. The number of allylic oxidation sites excluding steroid dienone is 4. The van der Waals surface area contributed by atoms with Crippen molar-refractivity contribution in [2.24, 2.45) is 34.5 Å². The molecule has 2 saturated heterocycles. The number of nitrogens with one attached hydrogen (secondary N) is 2. The number of rotatable bonds is 10. The molecule has 8 aliphatic rings. The predicted molar refractivity (Wildman–Crippen MR) is 330 cm³/mol. The van der Waals surface area contributed by atoms with Crippen LogP contribution in [0.15, 0.2) is 72.8 Å². The molecule has 0 spiro atoms. The number of sulfonamides is 2. The molecule has 23 heteroatoms. The maximum absolute atomic E-state index is 14.1. The number of fused-ring (bicyclic) bond motifs is 6. The first-order valence-electron chi connectivity index (χ1n) is 31.6. The number of benzene rings is 2. The number of ketones is 2. The number of ether oxygens (including phenoxy) is 1. The molecule has 4 aliphatic carbocycles. The average Bonchev–Trinajstić information content (AvgIpc) is 2.62. The van der Waals surface area contributed by atoms with E-state index >= 15 is 0 Å². The van der Waals surface area contributed by atoms with Gasteiger partial charge in [-0.25, -0.2) is 21.8 Å². The van der Waals surface area contributed by atoms with Gasteiger partial charge in [-0.15, -0.1) is 0 Å². The minimum absolute atomic E-state index is 0.0800. The second kappa shape index (κ2) is 26.6. The monoisotopic (exact) mass is 1260 g/mol. The molecule has 2 aromatic carbocycles. The average molecular weight is 1260 g/mol. The first-order chi connectivity index (χ1) is 41.6. The SMILES string of the molecule is CCn1c(Cl)nc2ccccc21.CCn1c(O[C@@H]2C[C@H]3C(=O)C[C@]4(C(=O)NS(=O)(=O)C5CC5)C[C@H]4/C=C\CCCCC[C@H](C)C(=O)N3C2)nc2ccccc21.C[C@H]1CCCCC/C=C\[C@@H]2C[C@@]2(C(=O)NS(=O)(=O)C2CC2)CC(=O)[C@@H]2C[C@@H](O)CN2C1=O. The van der Waals surface area contributed by atoms with E-state index in [2.05, 4.69) is 32.4 Å².